The smallest absolute Gasteiger partial charge is 0.341 e. The van der Waals surface area contributed by atoms with E-state index in [1.165, 1.54) is 4.90 Å². The lowest BCUT2D eigenvalue weighted by Crippen LogP contribution is -2.21. The number of nitrogens with zero attached hydrogens (tertiary/aromatic N) is 3. The average Bonchev–Trinajstić information content (AvgIpc) is 3.23. The van der Waals surface area contributed by atoms with E-state index < -0.39 is 11.9 Å². The molecule has 0 saturated carbocycles. The number of hydrogen-bond acceptors (Lipinski definition) is 6. The number of carbonyl (C=O) groups excluding carboxylic acids is 3. The van der Waals surface area contributed by atoms with E-state index >= 15 is 0 Å². The standard InChI is InChI=1S/C18H24N4O4S/c1-6-10-26-18(25)13-11(3)14(17(24)21(4)5)27-16(13)19-15(23)12-8-9-22(7-2)20-12/h8-9H,6-7,10H2,1-5H3,(H,19,23). The van der Waals surface area contributed by atoms with Crippen molar-refractivity contribution in [3.63, 3.8) is 0 Å². The third-order valence-corrected chi connectivity index (χ3v) is 5.01. The van der Waals surface area contributed by atoms with Crippen LogP contribution in [0.2, 0.25) is 0 Å². The molecule has 27 heavy (non-hydrogen) atoms. The Morgan fingerprint density at radius 3 is 2.56 bits per heavy atom. The molecule has 0 saturated heterocycles. The Labute approximate surface area is 162 Å². The van der Waals surface area contributed by atoms with Crippen molar-refractivity contribution < 1.29 is 19.1 Å². The summed E-state index contributed by atoms with van der Waals surface area (Å²) in [5.41, 5.74) is 0.937. The van der Waals surface area contributed by atoms with Crippen LogP contribution in [0.1, 0.15) is 56.3 Å². The number of aryl methyl sites for hydroxylation is 1. The SMILES string of the molecule is CCCOC(=O)c1c(NC(=O)c2ccn(CC)n2)sc(C(=O)N(C)C)c1C. The van der Waals surface area contributed by atoms with Gasteiger partial charge in [0.2, 0.25) is 0 Å². The van der Waals surface area contributed by atoms with Crippen molar-refractivity contribution in [2.45, 2.75) is 33.7 Å². The number of amides is 2. The molecule has 2 heterocycles. The average molecular weight is 392 g/mol. The van der Waals surface area contributed by atoms with Crippen LogP contribution in [-0.4, -0.2) is 53.2 Å². The van der Waals surface area contributed by atoms with Crippen molar-refractivity contribution in [3.8, 4) is 0 Å². The summed E-state index contributed by atoms with van der Waals surface area (Å²) >= 11 is 1.06. The molecule has 2 aromatic heterocycles. The number of anilines is 1. The molecule has 146 valence electrons. The number of rotatable bonds is 7. The van der Waals surface area contributed by atoms with Gasteiger partial charge in [0.05, 0.1) is 17.0 Å². The van der Waals surface area contributed by atoms with Crippen molar-refractivity contribution in [2.75, 3.05) is 26.0 Å². The number of carbonyl (C=O) groups is 3. The minimum Gasteiger partial charge on any atom is -0.462 e. The van der Waals surface area contributed by atoms with E-state index in [9.17, 15) is 14.4 Å². The van der Waals surface area contributed by atoms with E-state index in [2.05, 4.69) is 10.4 Å². The molecule has 0 bridgehead atoms. The highest BCUT2D eigenvalue weighted by atomic mass is 32.1. The summed E-state index contributed by atoms with van der Waals surface area (Å²) in [6.07, 6.45) is 2.38. The molecule has 0 spiro atoms. The van der Waals surface area contributed by atoms with E-state index in [1.807, 2.05) is 13.8 Å². The molecule has 0 aromatic carbocycles. The fourth-order valence-corrected chi connectivity index (χ4v) is 3.56. The molecule has 2 aromatic rings. The van der Waals surface area contributed by atoms with Gasteiger partial charge in [-0.2, -0.15) is 5.10 Å². The third-order valence-electron chi connectivity index (χ3n) is 3.81. The maximum absolute atomic E-state index is 12.5. The van der Waals surface area contributed by atoms with E-state index in [0.717, 1.165) is 11.3 Å². The van der Waals surface area contributed by atoms with Gasteiger partial charge in [0.25, 0.3) is 11.8 Å². The lowest BCUT2D eigenvalue weighted by atomic mass is 10.1. The summed E-state index contributed by atoms with van der Waals surface area (Å²) < 4.78 is 6.86. The first-order valence-corrected chi connectivity index (χ1v) is 9.48. The second-order valence-corrected chi connectivity index (χ2v) is 7.13. The molecular weight excluding hydrogens is 368 g/mol. The summed E-state index contributed by atoms with van der Waals surface area (Å²) in [5, 5.41) is 7.16. The normalized spacial score (nSPS) is 10.6. The van der Waals surface area contributed by atoms with Gasteiger partial charge < -0.3 is 15.0 Å². The number of ether oxygens (including phenoxy) is 1. The number of aromatic nitrogens is 2. The highest BCUT2D eigenvalue weighted by Crippen LogP contribution is 2.34. The van der Waals surface area contributed by atoms with Crippen LogP contribution < -0.4 is 5.32 Å². The van der Waals surface area contributed by atoms with E-state index in [0.29, 0.717) is 23.4 Å². The zero-order valence-electron chi connectivity index (χ0n) is 16.2. The van der Waals surface area contributed by atoms with Crippen LogP contribution in [0.15, 0.2) is 12.3 Å². The molecule has 1 N–H and O–H groups in total. The quantitative estimate of drug-likeness (QED) is 0.731. The maximum Gasteiger partial charge on any atom is 0.341 e. The van der Waals surface area contributed by atoms with Gasteiger partial charge in [0.15, 0.2) is 5.69 Å². The van der Waals surface area contributed by atoms with Crippen LogP contribution >= 0.6 is 11.3 Å². The molecular formula is C18H24N4O4S. The lowest BCUT2D eigenvalue weighted by Gasteiger charge is -2.09. The lowest BCUT2D eigenvalue weighted by molar-refractivity contribution is 0.0506. The number of esters is 1. The van der Waals surface area contributed by atoms with E-state index in [4.69, 9.17) is 4.74 Å². The van der Waals surface area contributed by atoms with Crippen LogP contribution in [0.4, 0.5) is 5.00 Å². The Morgan fingerprint density at radius 1 is 1.30 bits per heavy atom. The highest BCUT2D eigenvalue weighted by molar-refractivity contribution is 7.18. The Kier molecular flexibility index (Phi) is 6.73. The highest BCUT2D eigenvalue weighted by Gasteiger charge is 2.28. The number of hydrogen-bond donors (Lipinski definition) is 1. The van der Waals surface area contributed by atoms with Gasteiger partial charge in [0.1, 0.15) is 5.00 Å². The van der Waals surface area contributed by atoms with Crippen LogP contribution in [0, 0.1) is 6.92 Å². The van der Waals surface area contributed by atoms with Crippen molar-refractivity contribution in [3.05, 3.63) is 34.0 Å². The first-order chi connectivity index (χ1) is 12.8. The molecule has 0 atom stereocenters. The summed E-state index contributed by atoms with van der Waals surface area (Å²) in [4.78, 5) is 39.3. The summed E-state index contributed by atoms with van der Waals surface area (Å²) in [6.45, 7) is 6.39. The maximum atomic E-state index is 12.5. The summed E-state index contributed by atoms with van der Waals surface area (Å²) in [7, 11) is 3.26. The van der Waals surface area contributed by atoms with Crippen LogP contribution in [-0.2, 0) is 11.3 Å². The van der Waals surface area contributed by atoms with Crippen molar-refractivity contribution in [1.29, 1.82) is 0 Å². The molecule has 0 radical (unpaired) electrons. The van der Waals surface area contributed by atoms with Crippen LogP contribution in [0.3, 0.4) is 0 Å². The second kappa shape index (κ2) is 8.81. The van der Waals surface area contributed by atoms with Crippen molar-refractivity contribution >= 4 is 34.1 Å². The predicted molar refractivity (Wildman–Crippen MR) is 104 cm³/mol. The van der Waals surface area contributed by atoms with E-state index in [-0.39, 0.29) is 28.8 Å². The molecule has 0 aliphatic rings. The summed E-state index contributed by atoms with van der Waals surface area (Å²) in [5.74, 6) is -1.24. The van der Waals surface area contributed by atoms with Crippen LogP contribution in [0.25, 0.3) is 0 Å². The van der Waals surface area contributed by atoms with Gasteiger partial charge in [-0.25, -0.2) is 4.79 Å². The third kappa shape index (κ3) is 4.54. The molecule has 0 aliphatic heterocycles. The van der Waals surface area contributed by atoms with Gasteiger partial charge in [-0.05, 0) is 31.9 Å². The topological polar surface area (TPSA) is 93.5 Å². The fourth-order valence-electron chi connectivity index (χ4n) is 2.35. The van der Waals surface area contributed by atoms with Gasteiger partial charge in [0, 0.05) is 26.8 Å². The Morgan fingerprint density at radius 2 is 2.00 bits per heavy atom. The molecule has 2 amide bonds. The van der Waals surface area contributed by atoms with Gasteiger partial charge in [-0.15, -0.1) is 11.3 Å². The zero-order chi connectivity index (χ0) is 20.1. The molecule has 0 unspecified atom stereocenters. The fraction of sp³-hybridized carbons (Fsp3) is 0.444. The largest absolute Gasteiger partial charge is 0.462 e. The van der Waals surface area contributed by atoms with Crippen molar-refractivity contribution in [1.82, 2.24) is 14.7 Å². The predicted octanol–water partition coefficient (Wildman–Crippen LogP) is 2.79. The molecule has 9 heteroatoms. The molecule has 8 nitrogen and oxygen atoms in total. The first-order valence-electron chi connectivity index (χ1n) is 8.67. The monoisotopic (exact) mass is 392 g/mol. The van der Waals surface area contributed by atoms with Gasteiger partial charge in [-0.1, -0.05) is 6.92 Å². The Hall–Kier alpha value is -2.68. The summed E-state index contributed by atoms with van der Waals surface area (Å²) in [6, 6.07) is 1.60. The Balaban J connectivity index is 2.40. The van der Waals surface area contributed by atoms with Crippen LogP contribution in [0.5, 0.6) is 0 Å². The zero-order valence-corrected chi connectivity index (χ0v) is 17.0. The minimum atomic E-state index is -0.558. The second-order valence-electron chi connectivity index (χ2n) is 6.11. The number of thiophene rings is 1. The minimum absolute atomic E-state index is 0.210. The molecule has 0 aliphatic carbocycles. The first kappa shape index (κ1) is 20.6. The van der Waals surface area contributed by atoms with Gasteiger partial charge in [-0.3, -0.25) is 14.3 Å². The van der Waals surface area contributed by atoms with E-state index in [1.54, 1.807) is 38.0 Å². The van der Waals surface area contributed by atoms with Gasteiger partial charge >= 0.3 is 5.97 Å². The van der Waals surface area contributed by atoms with Crippen molar-refractivity contribution in [2.24, 2.45) is 0 Å². The number of nitrogens with one attached hydrogen (secondary N) is 1. The Bertz CT molecular complexity index is 854. The molecule has 0 fully saturated rings. The molecule has 2 rings (SSSR count).